The third-order valence-electron chi connectivity index (χ3n) is 3.47. The normalized spacial score (nSPS) is 20.4. The smallest absolute Gasteiger partial charge is 0.151 e. The van der Waals surface area contributed by atoms with Crippen LogP contribution in [0, 0.1) is 0 Å². The summed E-state index contributed by atoms with van der Waals surface area (Å²) in [5, 5.41) is 103. The summed E-state index contributed by atoms with van der Waals surface area (Å²) in [6, 6.07) is 0. The quantitative estimate of drug-likeness (QED) is 0.119. The number of rotatable bonds is 12. The molecule has 12 N–H and O–H groups in total. The second-order valence-electron chi connectivity index (χ2n) is 6.08. The molecule has 10 unspecified atom stereocenters. The molecule has 0 fully saturated rings. The van der Waals surface area contributed by atoms with Gasteiger partial charge in [-0.15, -0.1) is 0 Å². The molecule has 0 rings (SSSR count). The second kappa shape index (κ2) is 19.2. The number of hydrogen-bond acceptors (Lipinski definition) is 15. The van der Waals surface area contributed by atoms with Gasteiger partial charge in [-0.25, -0.2) is 0 Å². The Kier molecular flexibility index (Phi) is 21.2. The van der Waals surface area contributed by atoms with Gasteiger partial charge < -0.3 is 75.7 Å². The minimum absolute atomic E-state index is 0.0869. The van der Waals surface area contributed by atoms with E-state index in [1.807, 2.05) is 0 Å². The van der Waals surface area contributed by atoms with Crippen LogP contribution in [0.2, 0.25) is 0 Å². The average Bonchev–Trinajstić information content (AvgIpc) is 2.79. The lowest BCUT2D eigenvalue weighted by atomic mass is 10.1. The van der Waals surface area contributed by atoms with E-state index < -0.39 is 74.3 Å². The molecule has 31 heavy (non-hydrogen) atoms. The van der Waals surface area contributed by atoms with E-state index in [9.17, 15) is 14.4 Å². The summed E-state index contributed by atoms with van der Waals surface area (Å²) in [6.07, 6.45) is -15.1. The first-order valence-electron chi connectivity index (χ1n) is 8.65. The molecule has 0 aromatic rings. The van der Waals surface area contributed by atoms with E-state index in [4.69, 9.17) is 61.3 Å². The van der Waals surface area contributed by atoms with Crippen LogP contribution in [0.25, 0.3) is 0 Å². The van der Waals surface area contributed by atoms with Gasteiger partial charge in [-0.3, -0.25) is 0 Å². The molecule has 0 bridgehead atoms. The Bertz CT molecular complexity index is 436. The van der Waals surface area contributed by atoms with Crippen LogP contribution in [0.15, 0.2) is 0 Å². The van der Waals surface area contributed by atoms with E-state index in [1.165, 1.54) is 6.92 Å². The molecular formula is C16H32O15. The van der Waals surface area contributed by atoms with Gasteiger partial charge >= 0.3 is 0 Å². The van der Waals surface area contributed by atoms with E-state index in [1.54, 1.807) is 0 Å². The van der Waals surface area contributed by atoms with Crippen LogP contribution >= 0.6 is 0 Å². The molecule has 0 saturated heterocycles. The zero-order valence-electron chi connectivity index (χ0n) is 16.5. The Hall–Kier alpha value is -1.47. The Morgan fingerprint density at radius 3 is 0.968 bits per heavy atom. The van der Waals surface area contributed by atoms with E-state index in [0.29, 0.717) is 0 Å². The van der Waals surface area contributed by atoms with Crippen molar-refractivity contribution in [1.82, 2.24) is 0 Å². The number of aliphatic hydroxyl groups excluding tert-OH is 12. The molecule has 15 heteroatoms. The Labute approximate surface area is 176 Å². The third kappa shape index (κ3) is 15.0. The van der Waals surface area contributed by atoms with E-state index in [-0.39, 0.29) is 18.9 Å². The first-order valence-corrected chi connectivity index (χ1v) is 8.65. The SMILES string of the molecule is CC(O)C(O)C(O)C(O)C=O.O=CC(O)C(O)C(O)CO.O=CC(O)C(O)C(O)CO. The Morgan fingerprint density at radius 1 is 0.516 bits per heavy atom. The summed E-state index contributed by atoms with van der Waals surface area (Å²) in [7, 11) is 0. The molecule has 0 aliphatic heterocycles. The molecule has 0 aromatic heterocycles. The van der Waals surface area contributed by atoms with Crippen LogP contribution in [-0.2, 0) is 14.4 Å². The van der Waals surface area contributed by atoms with Crippen molar-refractivity contribution in [3.05, 3.63) is 0 Å². The van der Waals surface area contributed by atoms with Crippen molar-refractivity contribution in [1.29, 1.82) is 0 Å². The highest BCUT2D eigenvalue weighted by molar-refractivity contribution is 5.57. The summed E-state index contributed by atoms with van der Waals surface area (Å²) in [4.78, 5) is 29.4. The lowest BCUT2D eigenvalue weighted by Crippen LogP contribution is -2.43. The zero-order valence-corrected chi connectivity index (χ0v) is 16.5. The molecule has 0 amide bonds. The van der Waals surface area contributed by atoms with Crippen LogP contribution in [0.4, 0.5) is 0 Å². The minimum atomic E-state index is -1.65. The summed E-state index contributed by atoms with van der Waals surface area (Å²) >= 11 is 0. The molecule has 0 heterocycles. The molecule has 0 aliphatic carbocycles. The number of aliphatic hydroxyl groups is 12. The van der Waals surface area contributed by atoms with Crippen LogP contribution < -0.4 is 0 Å². The monoisotopic (exact) mass is 464 g/mol. The van der Waals surface area contributed by atoms with Crippen LogP contribution in [0.5, 0.6) is 0 Å². The Balaban J connectivity index is -0.000000380. The summed E-state index contributed by atoms with van der Waals surface area (Å²) in [5.74, 6) is 0. The predicted molar refractivity (Wildman–Crippen MR) is 98.1 cm³/mol. The predicted octanol–water partition coefficient (Wildman–Crippen LogP) is -7.83. The highest BCUT2D eigenvalue weighted by Crippen LogP contribution is 2.02. The van der Waals surface area contributed by atoms with E-state index in [0.717, 1.165) is 0 Å². The minimum Gasteiger partial charge on any atom is -0.394 e. The van der Waals surface area contributed by atoms with Gasteiger partial charge in [-0.1, -0.05) is 0 Å². The highest BCUT2D eigenvalue weighted by atomic mass is 16.4. The van der Waals surface area contributed by atoms with Crippen molar-refractivity contribution in [3.8, 4) is 0 Å². The standard InChI is InChI=1S/C6H12O5.2C5H10O5/c1-3(8)5(10)6(11)4(9)2-7;2*6-1-3(8)5(10)4(9)2-7/h2-6,8-11H,1H3;2*1,3-5,7-10H,2H2. The number of carbonyl (C=O) groups is 3. The Morgan fingerprint density at radius 2 is 0.774 bits per heavy atom. The molecular weight excluding hydrogens is 432 g/mol. The summed E-state index contributed by atoms with van der Waals surface area (Å²) in [5.41, 5.74) is 0. The van der Waals surface area contributed by atoms with Crippen LogP contribution in [0.3, 0.4) is 0 Å². The molecule has 0 aromatic carbocycles. The third-order valence-corrected chi connectivity index (χ3v) is 3.47. The van der Waals surface area contributed by atoms with Crippen molar-refractivity contribution in [2.24, 2.45) is 0 Å². The van der Waals surface area contributed by atoms with E-state index in [2.05, 4.69) is 0 Å². The molecule has 0 spiro atoms. The van der Waals surface area contributed by atoms with Gasteiger partial charge in [0, 0.05) is 0 Å². The van der Waals surface area contributed by atoms with Gasteiger partial charge in [0.25, 0.3) is 0 Å². The zero-order chi connectivity index (χ0) is 25.3. The largest absolute Gasteiger partial charge is 0.394 e. The molecule has 10 atom stereocenters. The van der Waals surface area contributed by atoms with Crippen molar-refractivity contribution in [2.75, 3.05) is 13.2 Å². The van der Waals surface area contributed by atoms with E-state index >= 15 is 0 Å². The maximum Gasteiger partial charge on any atom is 0.151 e. The summed E-state index contributed by atoms with van der Waals surface area (Å²) < 4.78 is 0. The van der Waals surface area contributed by atoms with Gasteiger partial charge in [-0.2, -0.15) is 0 Å². The number of hydrogen-bond donors (Lipinski definition) is 12. The fourth-order valence-electron chi connectivity index (χ4n) is 1.40. The molecule has 15 nitrogen and oxygen atoms in total. The van der Waals surface area contributed by atoms with Crippen LogP contribution in [0.1, 0.15) is 6.92 Å². The summed E-state index contributed by atoms with van der Waals surface area (Å²) in [6.45, 7) is -0.135. The van der Waals surface area contributed by atoms with Gasteiger partial charge in [0.05, 0.1) is 19.3 Å². The average molecular weight is 464 g/mol. The van der Waals surface area contributed by atoms with Gasteiger partial charge in [-0.05, 0) is 6.92 Å². The van der Waals surface area contributed by atoms with Gasteiger partial charge in [0.15, 0.2) is 18.9 Å². The van der Waals surface area contributed by atoms with Gasteiger partial charge in [0.2, 0.25) is 0 Å². The van der Waals surface area contributed by atoms with Gasteiger partial charge in [0.1, 0.15) is 54.9 Å². The lowest BCUT2D eigenvalue weighted by Gasteiger charge is -2.21. The second-order valence-corrected chi connectivity index (χ2v) is 6.08. The molecule has 186 valence electrons. The lowest BCUT2D eigenvalue weighted by molar-refractivity contribution is -0.132. The van der Waals surface area contributed by atoms with Crippen molar-refractivity contribution in [2.45, 2.75) is 68.0 Å². The molecule has 0 aliphatic rings. The highest BCUT2D eigenvalue weighted by Gasteiger charge is 2.27. The first kappa shape index (κ1) is 34.2. The topological polar surface area (TPSA) is 294 Å². The molecule has 0 radical (unpaired) electrons. The fraction of sp³-hybridized carbons (Fsp3) is 0.812. The maximum absolute atomic E-state index is 9.87. The molecule has 0 saturated carbocycles. The van der Waals surface area contributed by atoms with Crippen molar-refractivity contribution >= 4 is 18.9 Å². The number of carbonyl (C=O) groups excluding carboxylic acids is 3. The fourth-order valence-corrected chi connectivity index (χ4v) is 1.40. The van der Waals surface area contributed by atoms with Crippen LogP contribution in [-0.4, -0.2) is 154 Å². The van der Waals surface area contributed by atoms with Crippen molar-refractivity contribution < 1.29 is 75.7 Å². The van der Waals surface area contributed by atoms with Crippen molar-refractivity contribution in [3.63, 3.8) is 0 Å². The maximum atomic E-state index is 9.87. The number of aldehydes is 3. The first-order chi connectivity index (χ1) is 14.3.